The number of nitrogens with one attached hydrogen (secondary N) is 1. The van der Waals surface area contributed by atoms with Crippen LogP contribution in [0, 0.1) is 26.6 Å². The second kappa shape index (κ2) is 8.61. The Hall–Kier alpha value is -2.29. The van der Waals surface area contributed by atoms with Crippen molar-refractivity contribution in [3.05, 3.63) is 58.9 Å². The predicted molar refractivity (Wildman–Crippen MR) is 111 cm³/mol. The number of carbonyl (C=O) groups excluding carboxylic acids is 1. The number of amides is 1. The van der Waals surface area contributed by atoms with Crippen LogP contribution in [0.4, 0.5) is 10.1 Å². The number of nitrogens with zero attached hydrogens (tertiary/aromatic N) is 2. The predicted octanol–water partition coefficient (Wildman–Crippen LogP) is 2.70. The molecule has 0 aliphatic carbocycles. The fraction of sp³-hybridized carbons (Fsp3) is 0.381. The van der Waals surface area contributed by atoms with Crippen molar-refractivity contribution in [1.29, 1.82) is 0 Å². The lowest BCUT2D eigenvalue weighted by atomic mass is 10.1. The molecule has 1 amide bonds. The molecule has 6 nitrogen and oxygen atoms in total. The first-order valence-corrected chi connectivity index (χ1v) is 11.0. The zero-order chi connectivity index (χ0) is 21.2. The van der Waals surface area contributed by atoms with Crippen LogP contribution in [0.2, 0.25) is 0 Å². The minimum Gasteiger partial charge on any atom is -0.325 e. The summed E-state index contributed by atoms with van der Waals surface area (Å²) < 4.78 is 40.8. The summed E-state index contributed by atoms with van der Waals surface area (Å²) in [5, 5.41) is 2.68. The molecular formula is C21H26FN3O3S. The molecule has 29 heavy (non-hydrogen) atoms. The van der Waals surface area contributed by atoms with Gasteiger partial charge in [0.1, 0.15) is 5.82 Å². The largest absolute Gasteiger partial charge is 0.325 e. The van der Waals surface area contributed by atoms with E-state index in [0.29, 0.717) is 42.3 Å². The zero-order valence-corrected chi connectivity index (χ0v) is 17.7. The van der Waals surface area contributed by atoms with Gasteiger partial charge in [0, 0.05) is 31.9 Å². The fourth-order valence-corrected chi connectivity index (χ4v) is 4.73. The van der Waals surface area contributed by atoms with E-state index >= 15 is 0 Å². The Morgan fingerprint density at radius 1 is 0.966 bits per heavy atom. The summed E-state index contributed by atoms with van der Waals surface area (Å²) in [4.78, 5) is 14.4. The van der Waals surface area contributed by atoms with Gasteiger partial charge in [0.15, 0.2) is 0 Å². The molecule has 0 unspecified atom stereocenters. The van der Waals surface area contributed by atoms with Crippen molar-refractivity contribution in [1.82, 2.24) is 9.21 Å². The quantitative estimate of drug-likeness (QED) is 0.809. The van der Waals surface area contributed by atoms with E-state index in [9.17, 15) is 17.6 Å². The molecule has 0 bridgehead atoms. The average molecular weight is 420 g/mol. The molecule has 1 fully saturated rings. The SMILES string of the molecule is Cc1ccc(S(=O)(=O)N2CCN(CC(=O)Nc3ccc(C)c(F)c3)CC2)cc1C. The third kappa shape index (κ3) is 5.01. The topological polar surface area (TPSA) is 69.7 Å². The maximum Gasteiger partial charge on any atom is 0.243 e. The van der Waals surface area contributed by atoms with E-state index in [-0.39, 0.29) is 18.3 Å². The second-order valence-corrected chi connectivity index (χ2v) is 9.38. The van der Waals surface area contributed by atoms with E-state index in [1.54, 1.807) is 31.2 Å². The Labute approximate surface area is 171 Å². The van der Waals surface area contributed by atoms with E-state index in [0.717, 1.165) is 11.1 Å². The number of benzene rings is 2. The van der Waals surface area contributed by atoms with Crippen LogP contribution >= 0.6 is 0 Å². The summed E-state index contributed by atoms with van der Waals surface area (Å²) in [6.45, 7) is 7.19. The van der Waals surface area contributed by atoms with Gasteiger partial charge in [-0.3, -0.25) is 9.69 Å². The van der Waals surface area contributed by atoms with E-state index in [4.69, 9.17) is 0 Å². The number of sulfonamides is 1. The monoisotopic (exact) mass is 419 g/mol. The first-order valence-electron chi connectivity index (χ1n) is 9.52. The molecule has 3 rings (SSSR count). The first kappa shape index (κ1) is 21.4. The Morgan fingerprint density at radius 2 is 1.62 bits per heavy atom. The highest BCUT2D eigenvalue weighted by atomic mass is 32.2. The van der Waals surface area contributed by atoms with Gasteiger partial charge in [-0.05, 0) is 61.7 Å². The molecule has 0 atom stereocenters. The normalized spacial score (nSPS) is 16.0. The third-order valence-corrected chi connectivity index (χ3v) is 7.16. The summed E-state index contributed by atoms with van der Waals surface area (Å²) in [5.41, 5.74) is 2.92. The Morgan fingerprint density at radius 3 is 2.24 bits per heavy atom. The van der Waals surface area contributed by atoms with Gasteiger partial charge in [0.25, 0.3) is 0 Å². The molecular weight excluding hydrogens is 393 g/mol. The van der Waals surface area contributed by atoms with Crippen LogP contribution in [-0.4, -0.2) is 56.3 Å². The van der Waals surface area contributed by atoms with Crippen LogP contribution < -0.4 is 5.32 Å². The number of aryl methyl sites for hydroxylation is 3. The molecule has 1 N–H and O–H groups in total. The molecule has 2 aromatic rings. The number of anilines is 1. The van der Waals surface area contributed by atoms with E-state index in [1.165, 1.54) is 10.4 Å². The molecule has 1 saturated heterocycles. The van der Waals surface area contributed by atoms with Gasteiger partial charge in [0.05, 0.1) is 11.4 Å². The van der Waals surface area contributed by atoms with Gasteiger partial charge in [-0.2, -0.15) is 4.31 Å². The summed E-state index contributed by atoms with van der Waals surface area (Å²) in [6.07, 6.45) is 0. The summed E-state index contributed by atoms with van der Waals surface area (Å²) in [7, 11) is -3.55. The average Bonchev–Trinajstić information content (AvgIpc) is 2.67. The smallest absolute Gasteiger partial charge is 0.243 e. The number of halogens is 1. The van der Waals surface area contributed by atoms with Crippen LogP contribution in [0.3, 0.4) is 0 Å². The Bertz CT molecular complexity index is 1020. The third-order valence-electron chi connectivity index (χ3n) is 5.27. The van der Waals surface area contributed by atoms with Crippen LogP contribution in [0.5, 0.6) is 0 Å². The minimum absolute atomic E-state index is 0.132. The summed E-state index contributed by atoms with van der Waals surface area (Å²) in [6, 6.07) is 9.72. The summed E-state index contributed by atoms with van der Waals surface area (Å²) >= 11 is 0. The Kier molecular flexibility index (Phi) is 6.36. The highest BCUT2D eigenvalue weighted by molar-refractivity contribution is 7.89. The van der Waals surface area contributed by atoms with E-state index in [2.05, 4.69) is 5.32 Å². The molecule has 0 aromatic heterocycles. The number of hydrogen-bond donors (Lipinski definition) is 1. The minimum atomic E-state index is -3.55. The van der Waals surface area contributed by atoms with Crippen molar-refractivity contribution in [3.8, 4) is 0 Å². The first-order chi connectivity index (χ1) is 13.7. The highest BCUT2D eigenvalue weighted by Gasteiger charge is 2.29. The molecule has 1 aliphatic rings. The van der Waals surface area contributed by atoms with Crippen LogP contribution in [0.15, 0.2) is 41.3 Å². The molecule has 8 heteroatoms. The molecule has 1 aliphatic heterocycles. The molecule has 156 valence electrons. The number of hydrogen-bond acceptors (Lipinski definition) is 4. The van der Waals surface area contributed by atoms with Gasteiger partial charge in [-0.1, -0.05) is 12.1 Å². The van der Waals surface area contributed by atoms with Gasteiger partial charge in [0.2, 0.25) is 15.9 Å². The maximum atomic E-state index is 13.6. The molecule has 1 heterocycles. The van der Waals surface area contributed by atoms with Crippen LogP contribution in [0.25, 0.3) is 0 Å². The maximum absolute atomic E-state index is 13.6. The van der Waals surface area contributed by atoms with Crippen LogP contribution in [-0.2, 0) is 14.8 Å². The number of piperazine rings is 1. The van der Waals surface area contributed by atoms with Crippen molar-refractivity contribution < 1.29 is 17.6 Å². The van der Waals surface area contributed by atoms with Crippen molar-refractivity contribution in [3.63, 3.8) is 0 Å². The number of rotatable bonds is 5. The van der Waals surface area contributed by atoms with Crippen molar-refractivity contribution >= 4 is 21.6 Å². The standard InChI is InChI=1S/C21H26FN3O3S/c1-15-5-7-19(12-17(15)3)29(27,28)25-10-8-24(9-11-25)14-21(26)23-18-6-4-16(2)20(22)13-18/h4-7,12-13H,8-11,14H2,1-3H3,(H,23,26). The van der Waals surface area contributed by atoms with Gasteiger partial charge in [-0.25, -0.2) is 12.8 Å². The number of carbonyl (C=O) groups is 1. The fourth-order valence-electron chi connectivity index (χ4n) is 3.23. The highest BCUT2D eigenvalue weighted by Crippen LogP contribution is 2.20. The van der Waals surface area contributed by atoms with E-state index < -0.39 is 10.0 Å². The lowest BCUT2D eigenvalue weighted by Gasteiger charge is -2.33. The van der Waals surface area contributed by atoms with Gasteiger partial charge >= 0.3 is 0 Å². The van der Waals surface area contributed by atoms with Gasteiger partial charge < -0.3 is 5.32 Å². The molecule has 0 radical (unpaired) electrons. The molecule has 2 aromatic carbocycles. The lowest BCUT2D eigenvalue weighted by Crippen LogP contribution is -2.50. The van der Waals surface area contributed by atoms with Crippen molar-refractivity contribution in [2.45, 2.75) is 25.7 Å². The van der Waals surface area contributed by atoms with Crippen molar-refractivity contribution in [2.75, 3.05) is 38.0 Å². The second-order valence-electron chi connectivity index (χ2n) is 7.44. The molecule has 0 spiro atoms. The Balaban J connectivity index is 1.56. The summed E-state index contributed by atoms with van der Waals surface area (Å²) in [5.74, 6) is -0.619. The zero-order valence-electron chi connectivity index (χ0n) is 16.9. The van der Waals surface area contributed by atoms with Crippen LogP contribution in [0.1, 0.15) is 16.7 Å². The molecule has 0 saturated carbocycles. The lowest BCUT2D eigenvalue weighted by molar-refractivity contribution is -0.117. The van der Waals surface area contributed by atoms with E-state index in [1.807, 2.05) is 24.8 Å². The van der Waals surface area contributed by atoms with Gasteiger partial charge in [-0.15, -0.1) is 0 Å². The van der Waals surface area contributed by atoms with Crippen molar-refractivity contribution in [2.24, 2.45) is 0 Å².